The van der Waals surface area contributed by atoms with E-state index in [1.165, 1.54) is 6.08 Å². The Labute approximate surface area is 148 Å². The molecule has 1 aliphatic heterocycles. The largest absolute Gasteiger partial charge is 0.497 e. The molecule has 26 heavy (non-hydrogen) atoms. The SMILES string of the molecule is COc1ccc2c(c1)=NC(=O)/C(=C/c1nc(-c3ccccc3)oc1O)C=2. The summed E-state index contributed by atoms with van der Waals surface area (Å²) in [6, 6.07) is 14.5. The maximum absolute atomic E-state index is 12.3. The molecule has 1 aromatic heterocycles. The molecule has 0 fully saturated rings. The zero-order chi connectivity index (χ0) is 18.1. The average Bonchev–Trinajstić information content (AvgIpc) is 3.03. The molecule has 3 aromatic rings. The Hall–Kier alpha value is -3.67. The van der Waals surface area contributed by atoms with Crippen molar-refractivity contribution in [1.82, 2.24) is 4.98 Å². The number of amides is 1. The Morgan fingerprint density at radius 1 is 1.15 bits per heavy atom. The van der Waals surface area contributed by atoms with Gasteiger partial charge in [0.05, 0.1) is 12.5 Å². The highest BCUT2D eigenvalue weighted by Gasteiger charge is 2.16. The monoisotopic (exact) mass is 346 g/mol. The first-order chi connectivity index (χ1) is 12.6. The summed E-state index contributed by atoms with van der Waals surface area (Å²) in [5.74, 6) is 0.135. The summed E-state index contributed by atoms with van der Waals surface area (Å²) >= 11 is 0. The lowest BCUT2D eigenvalue weighted by molar-refractivity contribution is -0.114. The molecule has 2 heterocycles. The molecule has 1 aliphatic rings. The molecular weight excluding hydrogens is 332 g/mol. The summed E-state index contributed by atoms with van der Waals surface area (Å²) in [5.41, 5.74) is 1.22. The van der Waals surface area contributed by atoms with Gasteiger partial charge >= 0.3 is 5.95 Å². The lowest BCUT2D eigenvalue weighted by atomic mass is 10.1. The van der Waals surface area contributed by atoms with E-state index < -0.39 is 5.91 Å². The van der Waals surface area contributed by atoms with Crippen LogP contribution in [0.4, 0.5) is 0 Å². The summed E-state index contributed by atoms with van der Waals surface area (Å²) in [4.78, 5) is 20.6. The van der Waals surface area contributed by atoms with Crippen LogP contribution in [0, 0.1) is 0 Å². The van der Waals surface area contributed by atoms with Crippen LogP contribution in [0.15, 0.2) is 63.5 Å². The fourth-order valence-corrected chi connectivity index (χ4v) is 2.65. The van der Waals surface area contributed by atoms with E-state index in [1.54, 1.807) is 25.3 Å². The maximum Gasteiger partial charge on any atom is 0.310 e. The Morgan fingerprint density at radius 3 is 2.73 bits per heavy atom. The van der Waals surface area contributed by atoms with E-state index in [0.29, 0.717) is 16.7 Å². The average molecular weight is 346 g/mol. The van der Waals surface area contributed by atoms with Crippen molar-refractivity contribution in [3.8, 4) is 23.1 Å². The smallest absolute Gasteiger partial charge is 0.310 e. The summed E-state index contributed by atoms with van der Waals surface area (Å²) in [6.45, 7) is 0. The number of oxazole rings is 1. The summed E-state index contributed by atoms with van der Waals surface area (Å²) in [7, 11) is 1.55. The van der Waals surface area contributed by atoms with Gasteiger partial charge in [-0.05, 0) is 36.4 Å². The van der Waals surface area contributed by atoms with E-state index in [2.05, 4.69) is 9.98 Å². The van der Waals surface area contributed by atoms with E-state index in [0.717, 1.165) is 10.8 Å². The number of rotatable bonds is 3. The van der Waals surface area contributed by atoms with Gasteiger partial charge in [-0.2, -0.15) is 0 Å². The van der Waals surface area contributed by atoms with Crippen LogP contribution in [0.5, 0.6) is 11.7 Å². The third-order valence-corrected chi connectivity index (χ3v) is 3.96. The Balaban J connectivity index is 1.76. The molecule has 0 aliphatic carbocycles. The first-order valence-corrected chi connectivity index (χ1v) is 7.90. The molecule has 128 valence electrons. The number of ether oxygens (including phenoxy) is 1. The van der Waals surface area contributed by atoms with Crippen molar-refractivity contribution in [2.75, 3.05) is 7.11 Å². The Bertz CT molecular complexity index is 1140. The molecule has 0 radical (unpaired) electrons. The van der Waals surface area contributed by atoms with Crippen LogP contribution in [0.3, 0.4) is 0 Å². The molecule has 6 nitrogen and oxygen atoms in total. The number of methoxy groups -OCH3 is 1. The highest BCUT2D eigenvalue weighted by molar-refractivity contribution is 6.07. The predicted octanol–water partition coefficient (Wildman–Crippen LogP) is 2.08. The second kappa shape index (κ2) is 6.33. The second-order valence-electron chi connectivity index (χ2n) is 5.66. The van der Waals surface area contributed by atoms with Gasteiger partial charge in [0.2, 0.25) is 5.89 Å². The molecule has 0 unspecified atom stereocenters. The summed E-state index contributed by atoms with van der Waals surface area (Å²) < 4.78 is 10.4. The minimum atomic E-state index is -0.422. The summed E-state index contributed by atoms with van der Waals surface area (Å²) in [6.07, 6.45) is 3.16. The number of hydrogen-bond donors (Lipinski definition) is 1. The lowest BCUT2D eigenvalue weighted by Crippen LogP contribution is -2.30. The molecular formula is C20H14N2O4. The van der Waals surface area contributed by atoms with Gasteiger partial charge in [-0.15, -0.1) is 0 Å². The Morgan fingerprint density at radius 2 is 1.96 bits per heavy atom. The van der Waals surface area contributed by atoms with Crippen LogP contribution >= 0.6 is 0 Å². The van der Waals surface area contributed by atoms with E-state index in [1.807, 2.05) is 36.4 Å². The van der Waals surface area contributed by atoms with Crippen LogP contribution in [0.1, 0.15) is 5.69 Å². The first kappa shape index (κ1) is 15.8. The van der Waals surface area contributed by atoms with E-state index >= 15 is 0 Å². The van der Waals surface area contributed by atoms with Gasteiger partial charge in [0.25, 0.3) is 5.91 Å². The second-order valence-corrected chi connectivity index (χ2v) is 5.66. The molecule has 0 spiro atoms. The minimum Gasteiger partial charge on any atom is -0.497 e. The third-order valence-electron chi connectivity index (χ3n) is 3.96. The van der Waals surface area contributed by atoms with Crippen molar-refractivity contribution >= 4 is 18.1 Å². The molecule has 1 N–H and O–H groups in total. The normalized spacial score (nSPS) is 14.5. The van der Waals surface area contributed by atoms with Crippen molar-refractivity contribution in [1.29, 1.82) is 0 Å². The molecule has 0 atom stereocenters. The Kier molecular flexibility index (Phi) is 3.85. The van der Waals surface area contributed by atoms with E-state index in [9.17, 15) is 9.90 Å². The molecule has 2 aromatic carbocycles. The number of hydrogen-bond acceptors (Lipinski definition) is 5. The number of fused-ring (bicyclic) bond motifs is 1. The van der Waals surface area contributed by atoms with E-state index in [4.69, 9.17) is 9.15 Å². The summed E-state index contributed by atoms with van der Waals surface area (Å²) in [5, 5.41) is 11.3. The molecule has 0 bridgehead atoms. The zero-order valence-corrected chi connectivity index (χ0v) is 13.8. The molecule has 4 rings (SSSR count). The van der Waals surface area contributed by atoms with Crippen molar-refractivity contribution < 1.29 is 19.1 Å². The molecule has 0 saturated carbocycles. The third kappa shape index (κ3) is 2.88. The van der Waals surface area contributed by atoms with E-state index in [-0.39, 0.29) is 17.5 Å². The molecule has 1 amide bonds. The number of benzene rings is 2. The maximum atomic E-state index is 12.3. The van der Waals surface area contributed by atoms with Crippen LogP contribution < -0.4 is 15.3 Å². The van der Waals surface area contributed by atoms with Crippen molar-refractivity contribution in [2.45, 2.75) is 0 Å². The van der Waals surface area contributed by atoms with Crippen LogP contribution in [0.25, 0.3) is 23.6 Å². The van der Waals surface area contributed by atoms with Gasteiger partial charge in [-0.1, -0.05) is 18.2 Å². The minimum absolute atomic E-state index is 0.176. The quantitative estimate of drug-likeness (QED) is 0.734. The van der Waals surface area contributed by atoms with Gasteiger partial charge in [0, 0.05) is 22.4 Å². The molecule has 0 saturated heterocycles. The van der Waals surface area contributed by atoms with Crippen molar-refractivity contribution in [3.63, 3.8) is 0 Å². The van der Waals surface area contributed by atoms with Crippen LogP contribution in [-0.2, 0) is 4.79 Å². The zero-order valence-electron chi connectivity index (χ0n) is 13.8. The topological polar surface area (TPSA) is 84.9 Å². The number of nitrogens with zero attached hydrogens (tertiary/aromatic N) is 2. The standard InChI is InChI=1S/C20H14N2O4/c1-25-15-8-7-13-9-14(18(23)21-16(13)11-15)10-17-20(24)26-19(22-17)12-5-3-2-4-6-12/h2-11,24H,1H3/b14-10+. The van der Waals surface area contributed by atoms with Gasteiger partial charge in [-0.25, -0.2) is 9.98 Å². The predicted molar refractivity (Wildman–Crippen MR) is 94.8 cm³/mol. The first-order valence-electron chi connectivity index (χ1n) is 7.90. The number of carbonyl (C=O) groups excluding carboxylic acids is 1. The highest BCUT2D eigenvalue weighted by Crippen LogP contribution is 2.28. The molecule has 6 heteroatoms. The van der Waals surface area contributed by atoms with Gasteiger partial charge in [0.1, 0.15) is 11.4 Å². The van der Waals surface area contributed by atoms with Crippen molar-refractivity contribution in [2.24, 2.45) is 4.99 Å². The fourth-order valence-electron chi connectivity index (χ4n) is 2.65. The van der Waals surface area contributed by atoms with Crippen molar-refractivity contribution in [3.05, 3.63) is 70.4 Å². The fraction of sp³-hybridized carbons (Fsp3) is 0.0500. The van der Waals surface area contributed by atoms with Gasteiger partial charge < -0.3 is 14.3 Å². The number of aromatic nitrogens is 1. The lowest BCUT2D eigenvalue weighted by Gasteiger charge is -2.04. The van der Waals surface area contributed by atoms with Crippen LogP contribution in [-0.4, -0.2) is 23.1 Å². The van der Waals surface area contributed by atoms with Crippen LogP contribution in [0.2, 0.25) is 0 Å². The number of carbonyl (C=O) groups is 1. The number of aromatic hydroxyl groups is 1. The van der Waals surface area contributed by atoms with Gasteiger partial charge in [-0.3, -0.25) is 4.79 Å². The highest BCUT2D eigenvalue weighted by atomic mass is 16.5. The van der Waals surface area contributed by atoms with Gasteiger partial charge in [0.15, 0.2) is 0 Å².